The summed E-state index contributed by atoms with van der Waals surface area (Å²) in [5.41, 5.74) is 0.422. The molecule has 0 saturated heterocycles. The smallest absolute Gasteiger partial charge is 0.306 e. The Bertz CT molecular complexity index is 358. The second-order valence-electron chi connectivity index (χ2n) is 3.02. The van der Waals surface area contributed by atoms with Crippen molar-refractivity contribution >= 4 is 21.9 Å². The first kappa shape index (κ1) is 12.1. The molecule has 0 aliphatic rings. The first-order valence-electron chi connectivity index (χ1n) is 4.20. The van der Waals surface area contributed by atoms with Crippen LogP contribution in [0.25, 0.3) is 0 Å². The molecule has 0 saturated carbocycles. The number of pyridine rings is 1. The van der Waals surface area contributed by atoms with Crippen LogP contribution < -0.4 is 0 Å². The minimum Gasteiger partial charge on any atom is -0.481 e. The van der Waals surface area contributed by atoms with Crippen molar-refractivity contribution in [2.24, 2.45) is 0 Å². The number of carboxylic acid groups (broad SMARTS) is 1. The molecular weight excluding hydrogens is 266 g/mol. The Balaban J connectivity index is 2.75. The number of hydrogen-bond donors (Lipinski definition) is 3. The van der Waals surface area contributed by atoms with Gasteiger partial charge in [-0.15, -0.1) is 0 Å². The number of carboxylic acids is 1. The standard InChI is InChI=1S/C9H10BrNO4/c10-7-3-5(1-2-11-7)9(15)6(12)4-8(13)14/h1-3,6,9,12,15H,4H2,(H,13,14). The van der Waals surface area contributed by atoms with Crippen molar-refractivity contribution in [2.75, 3.05) is 0 Å². The molecule has 0 aliphatic carbocycles. The molecule has 2 unspecified atom stereocenters. The lowest BCUT2D eigenvalue weighted by Crippen LogP contribution is -2.21. The molecular formula is C9H10BrNO4. The van der Waals surface area contributed by atoms with E-state index in [1.807, 2.05) is 0 Å². The van der Waals surface area contributed by atoms with Crippen LogP contribution in [-0.2, 0) is 4.79 Å². The molecule has 0 fully saturated rings. The number of nitrogens with zero attached hydrogens (tertiary/aromatic N) is 1. The van der Waals surface area contributed by atoms with Gasteiger partial charge in [-0.05, 0) is 33.6 Å². The van der Waals surface area contributed by atoms with Crippen LogP contribution in [0.4, 0.5) is 0 Å². The monoisotopic (exact) mass is 275 g/mol. The van der Waals surface area contributed by atoms with Crippen LogP contribution in [0.15, 0.2) is 22.9 Å². The SMILES string of the molecule is O=C(O)CC(O)C(O)c1ccnc(Br)c1. The van der Waals surface area contributed by atoms with Crippen molar-refractivity contribution in [2.45, 2.75) is 18.6 Å². The molecule has 1 aromatic rings. The fourth-order valence-electron chi connectivity index (χ4n) is 1.11. The van der Waals surface area contributed by atoms with Crippen LogP contribution in [0.1, 0.15) is 18.1 Å². The number of aromatic nitrogens is 1. The zero-order chi connectivity index (χ0) is 11.4. The largest absolute Gasteiger partial charge is 0.481 e. The zero-order valence-corrected chi connectivity index (χ0v) is 9.25. The highest BCUT2D eigenvalue weighted by Crippen LogP contribution is 2.20. The van der Waals surface area contributed by atoms with Crippen LogP contribution in [0, 0.1) is 0 Å². The topological polar surface area (TPSA) is 90.7 Å². The molecule has 0 amide bonds. The van der Waals surface area contributed by atoms with Gasteiger partial charge in [0.2, 0.25) is 0 Å². The van der Waals surface area contributed by atoms with E-state index < -0.39 is 24.6 Å². The summed E-state index contributed by atoms with van der Waals surface area (Å²) in [6.07, 6.45) is -1.59. The maximum atomic E-state index is 10.3. The highest BCUT2D eigenvalue weighted by atomic mass is 79.9. The normalized spacial score (nSPS) is 14.6. The third-order valence-corrected chi connectivity index (χ3v) is 2.27. The Kier molecular flexibility index (Phi) is 4.19. The quantitative estimate of drug-likeness (QED) is 0.705. The van der Waals surface area contributed by atoms with Gasteiger partial charge in [-0.2, -0.15) is 0 Å². The Hall–Kier alpha value is -0.980. The summed E-state index contributed by atoms with van der Waals surface area (Å²) < 4.78 is 0.515. The van der Waals surface area contributed by atoms with Crippen molar-refractivity contribution in [3.8, 4) is 0 Å². The van der Waals surface area contributed by atoms with Crippen molar-refractivity contribution in [3.05, 3.63) is 28.5 Å². The molecule has 82 valence electrons. The summed E-state index contributed by atoms with van der Waals surface area (Å²) in [6.45, 7) is 0. The molecule has 2 atom stereocenters. The number of hydrogen-bond acceptors (Lipinski definition) is 4. The molecule has 1 heterocycles. The van der Waals surface area contributed by atoms with Crippen molar-refractivity contribution in [3.63, 3.8) is 0 Å². The van der Waals surface area contributed by atoms with E-state index in [0.29, 0.717) is 10.2 Å². The molecule has 15 heavy (non-hydrogen) atoms. The lowest BCUT2D eigenvalue weighted by molar-refractivity contribution is -0.141. The number of halogens is 1. The third kappa shape index (κ3) is 3.58. The summed E-state index contributed by atoms with van der Waals surface area (Å²) in [5, 5.41) is 27.4. The minimum atomic E-state index is -1.32. The van der Waals surface area contributed by atoms with E-state index in [0.717, 1.165) is 0 Å². The fraction of sp³-hybridized carbons (Fsp3) is 0.333. The number of aliphatic hydroxyl groups excluding tert-OH is 2. The average molecular weight is 276 g/mol. The van der Waals surface area contributed by atoms with E-state index >= 15 is 0 Å². The molecule has 0 aromatic carbocycles. The first-order valence-corrected chi connectivity index (χ1v) is 4.99. The van der Waals surface area contributed by atoms with Crippen molar-refractivity contribution < 1.29 is 20.1 Å². The van der Waals surface area contributed by atoms with E-state index in [4.69, 9.17) is 5.11 Å². The van der Waals surface area contributed by atoms with E-state index in [1.165, 1.54) is 18.3 Å². The number of carbonyl (C=O) groups is 1. The van der Waals surface area contributed by atoms with Gasteiger partial charge in [0, 0.05) is 6.20 Å². The third-order valence-electron chi connectivity index (χ3n) is 1.84. The molecule has 1 rings (SSSR count). The summed E-state index contributed by atoms with van der Waals surface area (Å²) in [5.74, 6) is -1.16. The Morgan fingerprint density at radius 3 is 2.73 bits per heavy atom. The molecule has 1 aromatic heterocycles. The van der Waals surface area contributed by atoms with Crippen LogP contribution in [-0.4, -0.2) is 32.4 Å². The number of aliphatic hydroxyl groups is 2. The molecule has 6 heteroatoms. The average Bonchev–Trinajstić information content (AvgIpc) is 2.15. The molecule has 0 spiro atoms. The van der Waals surface area contributed by atoms with Gasteiger partial charge in [0.05, 0.1) is 12.5 Å². The van der Waals surface area contributed by atoms with Gasteiger partial charge in [-0.25, -0.2) is 4.98 Å². The van der Waals surface area contributed by atoms with Crippen LogP contribution in [0.3, 0.4) is 0 Å². The highest BCUT2D eigenvalue weighted by Gasteiger charge is 2.21. The van der Waals surface area contributed by atoms with E-state index in [9.17, 15) is 15.0 Å². The van der Waals surface area contributed by atoms with E-state index in [2.05, 4.69) is 20.9 Å². The summed E-state index contributed by atoms with van der Waals surface area (Å²) in [6, 6.07) is 3.04. The van der Waals surface area contributed by atoms with Gasteiger partial charge in [0.1, 0.15) is 10.7 Å². The molecule has 0 radical (unpaired) electrons. The van der Waals surface area contributed by atoms with Gasteiger partial charge in [0.15, 0.2) is 0 Å². The molecule has 3 N–H and O–H groups in total. The predicted octanol–water partition coefficient (Wildman–Crippen LogP) is 0.713. The Morgan fingerprint density at radius 2 is 2.20 bits per heavy atom. The Labute approximate surface area is 94.5 Å². The lowest BCUT2D eigenvalue weighted by Gasteiger charge is -2.16. The van der Waals surface area contributed by atoms with Crippen LogP contribution >= 0.6 is 15.9 Å². The Morgan fingerprint density at radius 1 is 1.53 bits per heavy atom. The van der Waals surface area contributed by atoms with Gasteiger partial charge in [0.25, 0.3) is 0 Å². The summed E-state index contributed by atoms with van der Waals surface area (Å²) in [4.78, 5) is 14.2. The highest BCUT2D eigenvalue weighted by molar-refractivity contribution is 9.10. The van der Waals surface area contributed by atoms with Crippen LogP contribution in [0.5, 0.6) is 0 Å². The molecule has 5 nitrogen and oxygen atoms in total. The maximum Gasteiger partial charge on any atom is 0.306 e. The minimum absolute atomic E-state index is 0.422. The fourth-order valence-corrected chi connectivity index (χ4v) is 1.50. The second-order valence-corrected chi connectivity index (χ2v) is 3.83. The summed E-state index contributed by atoms with van der Waals surface area (Å²) >= 11 is 3.11. The van der Waals surface area contributed by atoms with Crippen molar-refractivity contribution in [1.82, 2.24) is 4.98 Å². The molecule has 0 aliphatic heterocycles. The predicted molar refractivity (Wildman–Crippen MR) is 55.2 cm³/mol. The second kappa shape index (κ2) is 5.20. The maximum absolute atomic E-state index is 10.3. The molecule has 0 bridgehead atoms. The van der Waals surface area contributed by atoms with E-state index in [-0.39, 0.29) is 0 Å². The number of aliphatic carboxylic acids is 1. The lowest BCUT2D eigenvalue weighted by atomic mass is 10.0. The first-order chi connectivity index (χ1) is 7.00. The zero-order valence-electron chi connectivity index (χ0n) is 7.67. The van der Waals surface area contributed by atoms with Crippen LogP contribution in [0.2, 0.25) is 0 Å². The number of rotatable bonds is 4. The van der Waals surface area contributed by atoms with E-state index in [1.54, 1.807) is 0 Å². The van der Waals surface area contributed by atoms with Gasteiger partial charge in [-0.1, -0.05) is 0 Å². The van der Waals surface area contributed by atoms with Gasteiger partial charge >= 0.3 is 5.97 Å². The van der Waals surface area contributed by atoms with Gasteiger partial charge < -0.3 is 15.3 Å². The van der Waals surface area contributed by atoms with Crippen molar-refractivity contribution in [1.29, 1.82) is 0 Å². The van der Waals surface area contributed by atoms with Gasteiger partial charge in [-0.3, -0.25) is 4.79 Å². The summed E-state index contributed by atoms with van der Waals surface area (Å²) in [7, 11) is 0.